The van der Waals surface area contributed by atoms with Crippen molar-refractivity contribution < 1.29 is 10.2 Å². The Kier molecular flexibility index (Phi) is 11.6. The van der Waals surface area contributed by atoms with E-state index in [0.29, 0.717) is 0 Å². The number of para-hydroxylation sites is 1. The van der Waals surface area contributed by atoms with Crippen LogP contribution >= 0.6 is 90.6 Å². The molecule has 0 atom stereocenters. The monoisotopic (exact) mass is 560 g/mol. The number of aromatic hydroxyl groups is 2. The molecular weight excluding hydrogens is 558 g/mol. The second-order valence-corrected chi connectivity index (χ2v) is 5.83. The highest BCUT2D eigenvalue weighted by molar-refractivity contribution is 9.93. The predicted molar refractivity (Wildman–Crippen MR) is 102 cm³/mol. The molecule has 0 aliphatic carbocycles. The van der Waals surface area contributed by atoms with Crippen molar-refractivity contribution in [2.75, 3.05) is 0 Å². The first-order valence-electron chi connectivity index (χ1n) is 4.93. The minimum Gasteiger partial charge on any atom is -0.505 e. The lowest BCUT2D eigenvalue weighted by molar-refractivity contribution is 0.475. The van der Waals surface area contributed by atoms with Crippen LogP contribution in [0.1, 0.15) is 0 Å². The molecule has 0 amide bonds. The van der Waals surface area contributed by atoms with Crippen LogP contribution in [0.5, 0.6) is 11.5 Å². The molecule has 116 valence electrons. The predicted octanol–water partition coefficient (Wildman–Crippen LogP) is 7.85. The molecule has 0 saturated heterocycles. The SMILES string of the molecule is BrBr.Oc1c(Cl)cc(Br)cc1Cl.Oc1c(Cl)cccc1Cl. The van der Waals surface area contributed by atoms with Crippen molar-refractivity contribution >= 4 is 90.6 Å². The fraction of sp³-hybridized carbons (Fsp3) is 0. The Hall–Kier alpha value is 0.640. The summed E-state index contributed by atoms with van der Waals surface area (Å²) in [5.74, 6) is -0.132. The van der Waals surface area contributed by atoms with E-state index in [9.17, 15) is 0 Å². The van der Waals surface area contributed by atoms with E-state index in [2.05, 4.69) is 44.2 Å². The number of phenolic OH excluding ortho intramolecular Hbond substituents is 2. The van der Waals surface area contributed by atoms with Crippen LogP contribution in [0.25, 0.3) is 0 Å². The van der Waals surface area contributed by atoms with Crippen molar-refractivity contribution in [2.45, 2.75) is 0 Å². The highest BCUT2D eigenvalue weighted by Gasteiger charge is 2.03. The number of hydrogen-bond acceptors (Lipinski definition) is 2. The summed E-state index contributed by atoms with van der Waals surface area (Å²) in [6.07, 6.45) is 0. The van der Waals surface area contributed by atoms with E-state index < -0.39 is 0 Å². The number of phenols is 2. The van der Waals surface area contributed by atoms with Gasteiger partial charge < -0.3 is 10.2 Å². The Labute approximate surface area is 165 Å². The molecular formula is C12H7Br3Cl4O2. The van der Waals surface area contributed by atoms with E-state index >= 15 is 0 Å². The van der Waals surface area contributed by atoms with Crippen molar-refractivity contribution in [1.82, 2.24) is 0 Å². The summed E-state index contributed by atoms with van der Waals surface area (Å²) in [6.45, 7) is 0. The van der Waals surface area contributed by atoms with Gasteiger partial charge in [-0.3, -0.25) is 0 Å². The van der Waals surface area contributed by atoms with Gasteiger partial charge in [0.15, 0.2) is 11.5 Å². The summed E-state index contributed by atoms with van der Waals surface area (Å²) in [6, 6.07) is 7.96. The molecule has 2 N–H and O–H groups in total. The quantitative estimate of drug-likeness (QED) is 0.342. The Balaban J connectivity index is 0.000000342. The maximum Gasteiger partial charge on any atom is 0.152 e. The smallest absolute Gasteiger partial charge is 0.152 e. The number of hydrogen-bond donors (Lipinski definition) is 2. The summed E-state index contributed by atoms with van der Waals surface area (Å²) in [7, 11) is 0. The fourth-order valence-electron chi connectivity index (χ4n) is 1.02. The van der Waals surface area contributed by atoms with Crippen LogP contribution in [0.15, 0.2) is 34.8 Å². The first kappa shape index (κ1) is 21.6. The van der Waals surface area contributed by atoms with Gasteiger partial charge in [-0.25, -0.2) is 0 Å². The molecule has 0 heterocycles. The van der Waals surface area contributed by atoms with Gasteiger partial charge in [-0.1, -0.05) is 68.4 Å². The maximum atomic E-state index is 9.05. The number of benzene rings is 2. The van der Waals surface area contributed by atoms with E-state index in [1.54, 1.807) is 30.3 Å². The fourth-order valence-corrected chi connectivity index (χ4v) is 2.63. The van der Waals surface area contributed by atoms with E-state index in [1.165, 1.54) is 0 Å². The van der Waals surface area contributed by atoms with Gasteiger partial charge in [-0.05, 0) is 24.3 Å². The van der Waals surface area contributed by atoms with Gasteiger partial charge in [0.25, 0.3) is 0 Å². The first-order valence-corrected chi connectivity index (χ1v) is 11.0. The van der Waals surface area contributed by atoms with Crippen LogP contribution in [0, 0.1) is 0 Å². The van der Waals surface area contributed by atoms with Crippen LogP contribution in [0.4, 0.5) is 0 Å². The van der Waals surface area contributed by atoms with Crippen LogP contribution in [-0.4, -0.2) is 10.2 Å². The summed E-state index contributed by atoms with van der Waals surface area (Å²) >= 11 is 30.7. The zero-order valence-corrected chi connectivity index (χ0v) is 17.7. The van der Waals surface area contributed by atoms with E-state index in [4.69, 9.17) is 56.6 Å². The molecule has 0 unspecified atom stereocenters. The first-order chi connectivity index (χ1) is 9.82. The lowest BCUT2D eigenvalue weighted by Gasteiger charge is -1.98. The second-order valence-electron chi connectivity index (χ2n) is 3.29. The molecule has 0 spiro atoms. The summed E-state index contributed by atoms with van der Waals surface area (Å²) < 4.78 is 0.750. The third-order valence-corrected chi connectivity index (χ3v) is 3.56. The largest absolute Gasteiger partial charge is 0.505 e. The van der Waals surface area contributed by atoms with Crippen molar-refractivity contribution in [1.29, 1.82) is 0 Å². The summed E-state index contributed by atoms with van der Waals surface area (Å²) in [4.78, 5) is 0. The molecule has 0 bridgehead atoms. The van der Waals surface area contributed by atoms with Crippen LogP contribution in [-0.2, 0) is 0 Å². The number of halogens is 7. The Morgan fingerprint density at radius 1 is 0.714 bits per heavy atom. The molecule has 21 heavy (non-hydrogen) atoms. The Morgan fingerprint density at radius 3 is 1.38 bits per heavy atom. The molecule has 0 fully saturated rings. The Morgan fingerprint density at radius 2 is 1.05 bits per heavy atom. The second kappa shape index (κ2) is 11.2. The standard InChI is InChI=1S/C6H3BrCl2O.C6H4Cl2O.Br2/c7-3-1-4(8)6(10)5(9)2-3;7-4-2-1-3-5(8)6(4)9;1-2/h1-2,10H;1-3,9H;. The lowest BCUT2D eigenvalue weighted by atomic mass is 10.3. The molecule has 0 aliphatic heterocycles. The molecule has 0 aliphatic rings. The van der Waals surface area contributed by atoms with Crippen molar-refractivity contribution in [3.63, 3.8) is 0 Å². The average molecular weight is 565 g/mol. The lowest BCUT2D eigenvalue weighted by Crippen LogP contribution is -1.71. The number of rotatable bonds is 0. The van der Waals surface area contributed by atoms with Crippen molar-refractivity contribution in [2.24, 2.45) is 0 Å². The van der Waals surface area contributed by atoms with Gasteiger partial charge in [0.05, 0.1) is 20.1 Å². The molecule has 0 radical (unpaired) electrons. The minimum atomic E-state index is -0.0773. The van der Waals surface area contributed by atoms with Crippen molar-refractivity contribution in [3.8, 4) is 11.5 Å². The van der Waals surface area contributed by atoms with Gasteiger partial charge in [-0.2, -0.15) is 0 Å². The van der Waals surface area contributed by atoms with Gasteiger partial charge in [0.2, 0.25) is 0 Å². The van der Waals surface area contributed by atoms with E-state index in [1.807, 2.05) is 0 Å². The molecule has 2 aromatic carbocycles. The summed E-state index contributed by atoms with van der Waals surface area (Å²) in [5.41, 5.74) is 0. The third kappa shape index (κ3) is 7.64. The van der Waals surface area contributed by atoms with Crippen molar-refractivity contribution in [3.05, 3.63) is 54.9 Å². The van der Waals surface area contributed by atoms with E-state index in [0.717, 1.165) is 4.47 Å². The van der Waals surface area contributed by atoms with Crippen LogP contribution in [0.3, 0.4) is 0 Å². The molecule has 9 heteroatoms. The van der Waals surface area contributed by atoms with E-state index in [-0.39, 0.29) is 31.6 Å². The Bertz CT molecular complexity index is 553. The molecule has 0 aromatic heterocycles. The third-order valence-electron chi connectivity index (χ3n) is 1.92. The summed E-state index contributed by atoms with van der Waals surface area (Å²) in [5, 5.41) is 19.0. The normalized spacial score (nSPS) is 9.10. The highest BCUT2D eigenvalue weighted by atomic mass is 80.9. The molecule has 2 rings (SSSR count). The maximum absolute atomic E-state index is 9.05. The van der Waals surface area contributed by atoms with Gasteiger partial charge in [0, 0.05) is 32.7 Å². The zero-order valence-electron chi connectivity index (χ0n) is 9.93. The van der Waals surface area contributed by atoms with Crippen LogP contribution < -0.4 is 0 Å². The van der Waals surface area contributed by atoms with Gasteiger partial charge in [-0.15, -0.1) is 0 Å². The minimum absolute atomic E-state index is 0.0548. The topological polar surface area (TPSA) is 40.5 Å². The van der Waals surface area contributed by atoms with Crippen LogP contribution in [0.2, 0.25) is 20.1 Å². The van der Waals surface area contributed by atoms with Gasteiger partial charge >= 0.3 is 0 Å². The molecule has 0 saturated carbocycles. The van der Waals surface area contributed by atoms with Gasteiger partial charge in [0.1, 0.15) is 0 Å². The molecule has 2 nitrogen and oxygen atoms in total. The average Bonchev–Trinajstić information content (AvgIpc) is 2.45. The highest BCUT2D eigenvalue weighted by Crippen LogP contribution is 2.34. The molecule has 2 aromatic rings. The zero-order chi connectivity index (χ0) is 16.6.